The Morgan fingerprint density at radius 2 is 1.88 bits per heavy atom. The molecule has 1 aliphatic heterocycles. The zero-order chi connectivity index (χ0) is 18.6. The van der Waals surface area contributed by atoms with Gasteiger partial charge in [-0.2, -0.15) is 0 Å². The number of nitrogens with zero attached hydrogens (tertiary/aromatic N) is 1. The number of anilines is 1. The maximum absolute atomic E-state index is 13.5. The van der Waals surface area contributed by atoms with Crippen molar-refractivity contribution in [1.29, 1.82) is 0 Å². The largest absolute Gasteiger partial charge is 0.348 e. The molecule has 5 nitrogen and oxygen atoms in total. The maximum atomic E-state index is 13.5. The first-order valence-electron chi connectivity index (χ1n) is 8.25. The fourth-order valence-electron chi connectivity index (χ4n) is 2.74. The Morgan fingerprint density at radius 3 is 2.54 bits per heavy atom. The Bertz CT molecular complexity index is 924. The third-order valence-electron chi connectivity index (χ3n) is 4.12. The molecule has 7 heteroatoms. The number of carbonyl (C=O) groups is 1. The molecular formula is C19H19FN2O3S. The second-order valence-electron chi connectivity index (χ2n) is 5.98. The fraction of sp³-hybridized carbons (Fsp3) is 0.211. The molecule has 0 aromatic heterocycles. The summed E-state index contributed by atoms with van der Waals surface area (Å²) in [6.07, 6.45) is 3.62. The fourth-order valence-corrected chi connectivity index (χ4v) is 4.30. The highest BCUT2D eigenvalue weighted by atomic mass is 32.2. The van der Waals surface area contributed by atoms with Crippen LogP contribution >= 0.6 is 0 Å². The summed E-state index contributed by atoms with van der Waals surface area (Å²) in [5, 5.41) is 2.62. The van der Waals surface area contributed by atoms with Gasteiger partial charge in [-0.1, -0.05) is 30.3 Å². The number of halogens is 1. The van der Waals surface area contributed by atoms with Gasteiger partial charge in [0.05, 0.1) is 11.4 Å². The molecule has 1 N–H and O–H groups in total. The van der Waals surface area contributed by atoms with Gasteiger partial charge < -0.3 is 5.32 Å². The minimum Gasteiger partial charge on any atom is -0.348 e. The number of nitrogens with one attached hydrogen (secondary N) is 1. The van der Waals surface area contributed by atoms with Crippen LogP contribution in [0.15, 0.2) is 54.6 Å². The number of sulfonamides is 1. The quantitative estimate of drug-likeness (QED) is 0.819. The molecule has 136 valence electrons. The van der Waals surface area contributed by atoms with Crippen molar-refractivity contribution in [1.82, 2.24) is 5.32 Å². The lowest BCUT2D eigenvalue weighted by molar-refractivity contribution is -0.116. The lowest BCUT2D eigenvalue weighted by atomic mass is 10.2. The van der Waals surface area contributed by atoms with Gasteiger partial charge in [-0.3, -0.25) is 9.10 Å². The van der Waals surface area contributed by atoms with E-state index in [0.717, 1.165) is 5.56 Å². The molecule has 1 fully saturated rings. The van der Waals surface area contributed by atoms with Gasteiger partial charge in [0.15, 0.2) is 0 Å². The minimum absolute atomic E-state index is 0.113. The van der Waals surface area contributed by atoms with Crippen LogP contribution in [0, 0.1) is 5.82 Å². The average molecular weight is 374 g/mol. The Kier molecular flexibility index (Phi) is 5.37. The van der Waals surface area contributed by atoms with Crippen LogP contribution in [0.3, 0.4) is 0 Å². The van der Waals surface area contributed by atoms with Crippen LogP contribution < -0.4 is 9.62 Å². The van der Waals surface area contributed by atoms with Crippen molar-refractivity contribution in [3.63, 3.8) is 0 Å². The molecule has 0 bridgehead atoms. The van der Waals surface area contributed by atoms with E-state index in [1.807, 2.05) is 0 Å². The van der Waals surface area contributed by atoms with E-state index < -0.39 is 10.0 Å². The summed E-state index contributed by atoms with van der Waals surface area (Å²) < 4.78 is 38.7. The number of rotatable bonds is 5. The van der Waals surface area contributed by atoms with Crippen LogP contribution in [-0.4, -0.2) is 26.6 Å². The molecule has 1 saturated heterocycles. The molecule has 26 heavy (non-hydrogen) atoms. The molecule has 2 aromatic rings. The first kappa shape index (κ1) is 18.1. The second kappa shape index (κ2) is 7.70. The van der Waals surface area contributed by atoms with Crippen LogP contribution in [-0.2, 0) is 21.4 Å². The van der Waals surface area contributed by atoms with Crippen molar-refractivity contribution in [2.24, 2.45) is 0 Å². The van der Waals surface area contributed by atoms with Crippen LogP contribution in [0.1, 0.15) is 17.5 Å². The monoisotopic (exact) mass is 374 g/mol. The molecule has 1 heterocycles. The highest BCUT2D eigenvalue weighted by molar-refractivity contribution is 7.93. The summed E-state index contributed by atoms with van der Waals surface area (Å²) in [5.74, 6) is -0.514. The van der Waals surface area contributed by atoms with Crippen molar-refractivity contribution in [3.8, 4) is 0 Å². The van der Waals surface area contributed by atoms with Gasteiger partial charge in [0, 0.05) is 24.7 Å². The summed E-state index contributed by atoms with van der Waals surface area (Å²) >= 11 is 0. The molecule has 3 rings (SSSR count). The van der Waals surface area contributed by atoms with Crippen molar-refractivity contribution in [2.75, 3.05) is 16.6 Å². The van der Waals surface area contributed by atoms with E-state index in [1.54, 1.807) is 48.5 Å². The van der Waals surface area contributed by atoms with Gasteiger partial charge in [-0.25, -0.2) is 12.8 Å². The van der Waals surface area contributed by atoms with E-state index >= 15 is 0 Å². The van der Waals surface area contributed by atoms with Crippen LogP contribution in [0.2, 0.25) is 0 Å². The molecule has 0 atom stereocenters. The zero-order valence-electron chi connectivity index (χ0n) is 14.1. The van der Waals surface area contributed by atoms with E-state index in [0.29, 0.717) is 24.2 Å². The van der Waals surface area contributed by atoms with Crippen LogP contribution in [0.25, 0.3) is 6.08 Å². The SMILES string of the molecule is O=C(/C=C/c1ccc(N2CCCS2(=O)=O)cc1)NCc1ccccc1F. The van der Waals surface area contributed by atoms with Crippen LogP contribution in [0.4, 0.5) is 10.1 Å². The van der Waals surface area contributed by atoms with Crippen molar-refractivity contribution in [3.05, 3.63) is 71.6 Å². The lowest BCUT2D eigenvalue weighted by Gasteiger charge is -2.16. The molecule has 0 radical (unpaired) electrons. The number of carbonyl (C=O) groups excluding carboxylic acids is 1. The molecular weight excluding hydrogens is 355 g/mol. The molecule has 1 aliphatic rings. The maximum Gasteiger partial charge on any atom is 0.244 e. The lowest BCUT2D eigenvalue weighted by Crippen LogP contribution is -2.24. The third-order valence-corrected chi connectivity index (χ3v) is 5.99. The minimum atomic E-state index is -3.20. The first-order chi connectivity index (χ1) is 12.5. The Morgan fingerprint density at radius 1 is 1.15 bits per heavy atom. The standard InChI is InChI=1S/C19H19FN2O3S/c20-18-5-2-1-4-16(18)14-21-19(23)11-8-15-6-9-17(10-7-15)22-12-3-13-26(22,24)25/h1-2,4-11H,3,12-14H2,(H,21,23)/b11-8+. The molecule has 0 spiro atoms. The molecule has 0 saturated carbocycles. The molecule has 0 unspecified atom stereocenters. The van der Waals surface area contributed by atoms with Crippen molar-refractivity contribution < 1.29 is 17.6 Å². The Balaban J connectivity index is 1.58. The second-order valence-corrected chi connectivity index (χ2v) is 7.99. The van der Waals surface area contributed by atoms with Gasteiger partial charge in [0.1, 0.15) is 5.82 Å². The number of hydrogen-bond acceptors (Lipinski definition) is 3. The van der Waals surface area contributed by atoms with Gasteiger partial charge in [-0.05, 0) is 36.3 Å². The summed E-state index contributed by atoms with van der Waals surface area (Å²) in [4.78, 5) is 11.9. The van der Waals surface area contributed by atoms with Gasteiger partial charge in [-0.15, -0.1) is 0 Å². The van der Waals surface area contributed by atoms with E-state index in [9.17, 15) is 17.6 Å². The van der Waals surface area contributed by atoms with Gasteiger partial charge >= 0.3 is 0 Å². The number of amides is 1. The Labute approximate surface area is 152 Å². The highest BCUT2D eigenvalue weighted by Crippen LogP contribution is 2.24. The molecule has 0 aliphatic carbocycles. The van der Waals surface area contributed by atoms with Crippen LogP contribution in [0.5, 0.6) is 0 Å². The number of benzene rings is 2. The smallest absolute Gasteiger partial charge is 0.244 e. The zero-order valence-corrected chi connectivity index (χ0v) is 14.9. The first-order valence-corrected chi connectivity index (χ1v) is 9.86. The van der Waals surface area contributed by atoms with Gasteiger partial charge in [0.2, 0.25) is 15.9 Å². The van der Waals surface area contributed by atoms with E-state index in [-0.39, 0.29) is 24.0 Å². The van der Waals surface area contributed by atoms with Gasteiger partial charge in [0.25, 0.3) is 0 Å². The van der Waals surface area contributed by atoms with E-state index in [2.05, 4.69) is 5.32 Å². The van der Waals surface area contributed by atoms with Crippen molar-refractivity contribution >= 4 is 27.7 Å². The molecule has 1 amide bonds. The topological polar surface area (TPSA) is 66.5 Å². The normalized spacial score (nSPS) is 16.1. The Hall–Kier alpha value is -2.67. The van der Waals surface area contributed by atoms with E-state index in [1.165, 1.54) is 16.4 Å². The predicted octanol–water partition coefficient (Wildman–Crippen LogP) is 2.70. The third kappa shape index (κ3) is 4.29. The predicted molar refractivity (Wildman–Crippen MR) is 99.5 cm³/mol. The highest BCUT2D eigenvalue weighted by Gasteiger charge is 2.28. The summed E-state index contributed by atoms with van der Waals surface area (Å²) in [5.41, 5.74) is 1.82. The number of hydrogen-bond donors (Lipinski definition) is 1. The summed E-state index contributed by atoms with van der Waals surface area (Å²) in [6, 6.07) is 13.2. The average Bonchev–Trinajstić information content (AvgIpc) is 2.99. The van der Waals surface area contributed by atoms with E-state index in [4.69, 9.17) is 0 Å². The molecule has 2 aromatic carbocycles. The summed E-state index contributed by atoms with van der Waals surface area (Å²) in [7, 11) is -3.20. The summed E-state index contributed by atoms with van der Waals surface area (Å²) in [6.45, 7) is 0.609. The van der Waals surface area contributed by atoms with Crippen molar-refractivity contribution in [2.45, 2.75) is 13.0 Å².